The van der Waals surface area contributed by atoms with Crippen LogP contribution in [0.3, 0.4) is 0 Å². The first-order valence-electron chi connectivity index (χ1n) is 14.2. The van der Waals surface area contributed by atoms with Gasteiger partial charge in [-0.3, -0.25) is 0 Å². The fourth-order valence-electron chi connectivity index (χ4n) is 7.20. The number of furan rings is 1. The molecule has 1 fully saturated rings. The number of pyridine rings is 1. The fourth-order valence-corrected chi connectivity index (χ4v) is 7.20. The third kappa shape index (κ3) is 3.64. The molecule has 0 bridgehead atoms. The van der Waals surface area contributed by atoms with Crippen molar-refractivity contribution in [2.24, 2.45) is 7.05 Å². The first-order chi connectivity index (χ1) is 18.1. The zero-order chi connectivity index (χ0) is 25.1. The Kier molecular flexibility index (Phi) is 5.46. The highest BCUT2D eigenvalue weighted by Crippen LogP contribution is 2.45. The SMILES string of the molecule is Cc1cc[n+](C)c(-c2c(C)ccc3c2oc2c(-c4ccc(C5CCCCC5)c5c4CCC5)cccc23)c1. The second-order valence-electron chi connectivity index (χ2n) is 11.5. The van der Waals surface area contributed by atoms with Crippen LogP contribution >= 0.6 is 0 Å². The average Bonchev–Trinajstić information content (AvgIpc) is 3.55. The normalized spacial score (nSPS) is 16.1. The lowest BCUT2D eigenvalue weighted by molar-refractivity contribution is -0.660. The van der Waals surface area contributed by atoms with Gasteiger partial charge in [-0.15, -0.1) is 0 Å². The number of aryl methyl sites for hydroxylation is 3. The number of aromatic nitrogens is 1. The number of hydrogen-bond acceptors (Lipinski definition) is 1. The molecule has 0 N–H and O–H groups in total. The summed E-state index contributed by atoms with van der Waals surface area (Å²) in [6.45, 7) is 4.36. The van der Waals surface area contributed by atoms with Gasteiger partial charge in [-0.1, -0.05) is 61.7 Å². The van der Waals surface area contributed by atoms with Crippen molar-refractivity contribution in [1.82, 2.24) is 0 Å². The minimum atomic E-state index is 0.761. The molecule has 5 aromatic rings. The Bertz CT molecular complexity index is 1660. The van der Waals surface area contributed by atoms with Gasteiger partial charge in [-0.05, 0) is 85.3 Å². The zero-order valence-corrected chi connectivity index (χ0v) is 22.4. The van der Waals surface area contributed by atoms with E-state index in [0.29, 0.717) is 0 Å². The maximum absolute atomic E-state index is 6.89. The number of hydrogen-bond donors (Lipinski definition) is 0. The highest BCUT2D eigenvalue weighted by Gasteiger charge is 2.27. The Balaban J connectivity index is 1.45. The second kappa shape index (κ2) is 8.87. The molecule has 2 aromatic heterocycles. The fraction of sp³-hybridized carbons (Fsp3) is 0.343. The van der Waals surface area contributed by atoms with Gasteiger partial charge in [0.15, 0.2) is 6.20 Å². The van der Waals surface area contributed by atoms with Gasteiger partial charge in [0.25, 0.3) is 0 Å². The van der Waals surface area contributed by atoms with Crippen LogP contribution in [0.1, 0.15) is 72.3 Å². The molecule has 2 nitrogen and oxygen atoms in total. The van der Waals surface area contributed by atoms with Crippen LogP contribution in [0.4, 0.5) is 0 Å². The molecule has 186 valence electrons. The standard InChI is InChI=1S/C35H36NO/c1-22-19-20-36(3)32(21-22)33-23(2)15-16-31-30-14-8-13-29(34(30)37-35(31)33)28-18-17-25(24-9-5-4-6-10-24)26-11-7-12-27(26)28/h8,13-21,24H,4-7,9-12H2,1-3H3/q+1. The monoisotopic (exact) mass is 486 g/mol. The van der Waals surface area contributed by atoms with Crippen LogP contribution < -0.4 is 4.57 Å². The number of nitrogens with zero attached hydrogens (tertiary/aromatic N) is 1. The molecule has 3 aromatic carbocycles. The molecular formula is C35H36NO+. The van der Waals surface area contributed by atoms with Gasteiger partial charge in [-0.25, -0.2) is 4.57 Å². The Morgan fingerprint density at radius 3 is 2.43 bits per heavy atom. The molecule has 0 atom stereocenters. The summed E-state index contributed by atoms with van der Waals surface area (Å²) in [6, 6.07) is 20.5. The van der Waals surface area contributed by atoms with Gasteiger partial charge in [0, 0.05) is 28.5 Å². The third-order valence-electron chi connectivity index (χ3n) is 9.09. The summed E-state index contributed by atoms with van der Waals surface area (Å²) < 4.78 is 9.10. The lowest BCUT2D eigenvalue weighted by Crippen LogP contribution is -2.30. The van der Waals surface area contributed by atoms with Crippen molar-refractivity contribution in [1.29, 1.82) is 0 Å². The zero-order valence-electron chi connectivity index (χ0n) is 22.4. The van der Waals surface area contributed by atoms with E-state index in [1.54, 1.807) is 16.7 Å². The van der Waals surface area contributed by atoms with E-state index in [2.05, 4.69) is 86.3 Å². The lowest BCUT2D eigenvalue weighted by Gasteiger charge is -2.25. The van der Waals surface area contributed by atoms with Crippen molar-refractivity contribution >= 4 is 21.9 Å². The van der Waals surface area contributed by atoms with Crippen molar-refractivity contribution in [2.75, 3.05) is 0 Å². The van der Waals surface area contributed by atoms with Gasteiger partial charge in [0.2, 0.25) is 5.69 Å². The summed E-state index contributed by atoms with van der Waals surface area (Å²) in [4.78, 5) is 0. The summed E-state index contributed by atoms with van der Waals surface area (Å²) >= 11 is 0. The molecule has 0 amide bonds. The van der Waals surface area contributed by atoms with E-state index in [4.69, 9.17) is 4.42 Å². The van der Waals surface area contributed by atoms with Crippen LogP contribution in [0.2, 0.25) is 0 Å². The van der Waals surface area contributed by atoms with Crippen molar-refractivity contribution in [2.45, 2.75) is 71.1 Å². The molecule has 37 heavy (non-hydrogen) atoms. The maximum atomic E-state index is 6.89. The molecule has 0 radical (unpaired) electrons. The molecular weight excluding hydrogens is 450 g/mol. The van der Waals surface area contributed by atoms with Crippen LogP contribution in [0, 0.1) is 13.8 Å². The Labute approximate surface area is 220 Å². The summed E-state index contributed by atoms with van der Waals surface area (Å²) in [5.74, 6) is 0.761. The predicted octanol–water partition coefficient (Wildman–Crippen LogP) is 8.90. The summed E-state index contributed by atoms with van der Waals surface area (Å²) in [5, 5.41) is 2.42. The Hall–Kier alpha value is -3.39. The predicted molar refractivity (Wildman–Crippen MR) is 153 cm³/mol. The Morgan fingerprint density at radius 2 is 1.57 bits per heavy atom. The molecule has 0 aliphatic heterocycles. The van der Waals surface area contributed by atoms with Crippen molar-refractivity contribution < 1.29 is 8.98 Å². The van der Waals surface area contributed by atoms with Crippen molar-refractivity contribution in [3.05, 3.63) is 88.6 Å². The average molecular weight is 487 g/mol. The molecule has 2 aliphatic carbocycles. The number of fused-ring (bicyclic) bond motifs is 4. The molecule has 0 saturated heterocycles. The number of benzene rings is 3. The maximum Gasteiger partial charge on any atom is 0.216 e. The molecule has 2 aliphatic rings. The van der Waals surface area contributed by atoms with E-state index in [1.165, 1.54) is 95.7 Å². The first kappa shape index (κ1) is 22.8. The van der Waals surface area contributed by atoms with Gasteiger partial charge >= 0.3 is 0 Å². The molecule has 7 rings (SSSR count). The summed E-state index contributed by atoms with van der Waals surface area (Å²) in [7, 11) is 2.12. The minimum absolute atomic E-state index is 0.761. The summed E-state index contributed by atoms with van der Waals surface area (Å²) in [5.41, 5.74) is 14.4. The highest BCUT2D eigenvalue weighted by atomic mass is 16.3. The van der Waals surface area contributed by atoms with E-state index in [9.17, 15) is 0 Å². The molecule has 0 spiro atoms. The van der Waals surface area contributed by atoms with E-state index < -0.39 is 0 Å². The quantitative estimate of drug-likeness (QED) is 0.233. The third-order valence-corrected chi connectivity index (χ3v) is 9.09. The van der Waals surface area contributed by atoms with Crippen LogP contribution in [-0.2, 0) is 19.9 Å². The number of para-hydroxylation sites is 1. The number of rotatable bonds is 3. The van der Waals surface area contributed by atoms with E-state index in [0.717, 1.165) is 17.1 Å². The van der Waals surface area contributed by atoms with Gasteiger partial charge in [-0.2, -0.15) is 0 Å². The molecule has 2 heteroatoms. The molecule has 0 unspecified atom stereocenters. The van der Waals surface area contributed by atoms with Gasteiger partial charge < -0.3 is 4.42 Å². The van der Waals surface area contributed by atoms with Crippen molar-refractivity contribution in [3.8, 4) is 22.4 Å². The minimum Gasteiger partial charge on any atom is -0.454 e. The lowest BCUT2D eigenvalue weighted by atomic mass is 9.80. The Morgan fingerprint density at radius 1 is 0.757 bits per heavy atom. The van der Waals surface area contributed by atoms with Gasteiger partial charge in [0.1, 0.15) is 18.2 Å². The smallest absolute Gasteiger partial charge is 0.216 e. The van der Waals surface area contributed by atoms with Crippen LogP contribution in [0.25, 0.3) is 44.3 Å². The summed E-state index contributed by atoms with van der Waals surface area (Å²) in [6.07, 6.45) is 12.8. The largest absolute Gasteiger partial charge is 0.454 e. The topological polar surface area (TPSA) is 17.0 Å². The van der Waals surface area contributed by atoms with Gasteiger partial charge in [0.05, 0.1) is 5.56 Å². The van der Waals surface area contributed by atoms with E-state index >= 15 is 0 Å². The molecule has 2 heterocycles. The second-order valence-corrected chi connectivity index (χ2v) is 11.5. The van der Waals surface area contributed by atoms with Crippen molar-refractivity contribution in [3.63, 3.8) is 0 Å². The van der Waals surface area contributed by atoms with Crippen LogP contribution in [0.15, 0.2) is 65.2 Å². The van der Waals surface area contributed by atoms with E-state index in [1.807, 2.05) is 0 Å². The molecule has 1 saturated carbocycles. The van der Waals surface area contributed by atoms with E-state index in [-0.39, 0.29) is 0 Å². The van der Waals surface area contributed by atoms with Crippen LogP contribution in [-0.4, -0.2) is 0 Å². The van der Waals surface area contributed by atoms with Crippen LogP contribution in [0.5, 0.6) is 0 Å². The first-order valence-corrected chi connectivity index (χ1v) is 14.2. The highest BCUT2D eigenvalue weighted by molar-refractivity contribution is 6.13.